The van der Waals surface area contributed by atoms with Crippen LogP contribution in [0.3, 0.4) is 0 Å². The van der Waals surface area contributed by atoms with Crippen LogP contribution in [-0.4, -0.2) is 25.8 Å². The van der Waals surface area contributed by atoms with Gasteiger partial charge in [0.1, 0.15) is 11.6 Å². The molecule has 0 saturated heterocycles. The van der Waals surface area contributed by atoms with E-state index >= 15 is 0 Å². The Hall–Kier alpha value is -4.18. The van der Waals surface area contributed by atoms with Gasteiger partial charge in [-0.25, -0.2) is 9.97 Å². The molecule has 1 amide bonds. The predicted octanol–water partition coefficient (Wildman–Crippen LogP) is 1.88. The summed E-state index contributed by atoms with van der Waals surface area (Å²) in [6.45, 7) is 0. The van der Waals surface area contributed by atoms with Gasteiger partial charge in [-0.05, 0) is 18.2 Å². The average Bonchev–Trinajstić information content (AvgIpc) is 2.69. The second-order valence-electron chi connectivity index (χ2n) is 6.20. The van der Waals surface area contributed by atoms with Gasteiger partial charge in [-0.1, -0.05) is 11.6 Å². The van der Waals surface area contributed by atoms with Crippen molar-refractivity contribution in [2.75, 3.05) is 0 Å². The van der Waals surface area contributed by atoms with Crippen molar-refractivity contribution in [1.29, 1.82) is 5.26 Å². The second kappa shape index (κ2) is 8.52. The molecule has 4 N–H and O–H groups in total. The van der Waals surface area contributed by atoms with Crippen LogP contribution < -0.4 is 21.6 Å². The largest absolute Gasteiger partial charge is 0.449 e. The number of carbonyl (C=O) groups is 1. The molecule has 0 atom stereocenters. The molecule has 0 aliphatic rings. The first kappa shape index (κ1) is 22.5. The minimum atomic E-state index is -5.10. The van der Waals surface area contributed by atoms with E-state index in [-0.39, 0.29) is 21.9 Å². The van der Waals surface area contributed by atoms with Gasteiger partial charge in [0, 0.05) is 23.2 Å². The molecule has 14 heteroatoms. The molecular weight excluding hydrogens is 457 g/mol. The lowest BCUT2D eigenvalue weighted by Crippen LogP contribution is -2.25. The number of rotatable bonds is 5. The second-order valence-corrected chi connectivity index (χ2v) is 6.64. The number of nitrogens with one attached hydrogen (secondary N) is 2. The Morgan fingerprint density at radius 2 is 1.94 bits per heavy atom. The molecular formula is C18H10ClF3N6O4. The van der Waals surface area contributed by atoms with Crippen LogP contribution in [0.2, 0.25) is 5.02 Å². The minimum Gasteiger partial charge on any atom is -0.449 e. The number of nitriles is 1. The quantitative estimate of drug-likeness (QED) is 0.515. The molecule has 164 valence electrons. The van der Waals surface area contributed by atoms with Gasteiger partial charge in [0.05, 0.1) is 11.6 Å². The molecule has 0 aliphatic carbocycles. The maximum atomic E-state index is 13.6. The summed E-state index contributed by atoms with van der Waals surface area (Å²) in [6.07, 6.45) is -4.73. The molecule has 2 aromatic heterocycles. The summed E-state index contributed by atoms with van der Waals surface area (Å²) in [5.41, 5.74) is 0.986. The number of H-pyrrole nitrogens is 2. The van der Waals surface area contributed by atoms with Gasteiger partial charge >= 0.3 is 6.18 Å². The molecule has 0 bridgehead atoms. The van der Waals surface area contributed by atoms with E-state index in [4.69, 9.17) is 27.3 Å². The highest BCUT2D eigenvalue weighted by atomic mass is 35.5. The molecule has 0 fully saturated rings. The zero-order valence-electron chi connectivity index (χ0n) is 15.6. The van der Waals surface area contributed by atoms with Gasteiger partial charge in [0.2, 0.25) is 5.75 Å². The predicted molar refractivity (Wildman–Crippen MR) is 102 cm³/mol. The third-order valence-corrected chi connectivity index (χ3v) is 4.10. The van der Waals surface area contributed by atoms with Crippen molar-refractivity contribution in [2.45, 2.75) is 12.6 Å². The maximum Gasteiger partial charge on any atom is 0.437 e. The number of hydrogen-bond acceptors (Lipinski definition) is 7. The van der Waals surface area contributed by atoms with Crippen molar-refractivity contribution in [3.63, 3.8) is 0 Å². The fourth-order valence-corrected chi connectivity index (χ4v) is 2.76. The average molecular weight is 467 g/mol. The van der Waals surface area contributed by atoms with E-state index in [1.807, 2.05) is 0 Å². The normalized spacial score (nSPS) is 11.1. The van der Waals surface area contributed by atoms with Crippen LogP contribution in [0.1, 0.15) is 33.3 Å². The number of halogens is 4. The molecule has 32 heavy (non-hydrogen) atoms. The fraction of sp³-hybridized carbons (Fsp3) is 0.111. The van der Waals surface area contributed by atoms with Crippen molar-refractivity contribution < 1.29 is 22.7 Å². The summed E-state index contributed by atoms with van der Waals surface area (Å²) in [5.74, 6) is -3.44. The van der Waals surface area contributed by atoms with E-state index in [1.165, 1.54) is 6.07 Å². The summed E-state index contributed by atoms with van der Waals surface area (Å²) in [5, 5.41) is 8.95. The van der Waals surface area contributed by atoms with Crippen molar-refractivity contribution in [3.05, 3.63) is 78.6 Å². The van der Waals surface area contributed by atoms with Crippen molar-refractivity contribution in [3.8, 4) is 17.6 Å². The fourth-order valence-electron chi connectivity index (χ4n) is 2.54. The third kappa shape index (κ3) is 4.93. The topological polar surface area (TPSA) is 168 Å². The van der Waals surface area contributed by atoms with Crippen LogP contribution in [-0.2, 0) is 12.6 Å². The first-order chi connectivity index (χ1) is 15.0. The Morgan fingerprint density at radius 1 is 1.22 bits per heavy atom. The summed E-state index contributed by atoms with van der Waals surface area (Å²) in [4.78, 5) is 46.6. The molecule has 10 nitrogen and oxygen atoms in total. The SMILES string of the molecule is N#Cc1cc(Cl)cc(Oc2c(C(F)(F)F)nc(Cc3cnc(C(N)=O)[nH]c3=O)[nH]c2=O)c1. The molecule has 1 aromatic carbocycles. The lowest BCUT2D eigenvalue weighted by atomic mass is 10.2. The number of aromatic amines is 2. The monoisotopic (exact) mass is 466 g/mol. The van der Waals surface area contributed by atoms with Gasteiger partial charge < -0.3 is 20.4 Å². The molecule has 0 aliphatic heterocycles. The van der Waals surface area contributed by atoms with Crippen LogP contribution in [0.15, 0.2) is 34.0 Å². The first-order valence-electron chi connectivity index (χ1n) is 8.45. The molecule has 0 spiro atoms. The van der Waals surface area contributed by atoms with E-state index < -0.39 is 52.7 Å². The zero-order valence-corrected chi connectivity index (χ0v) is 16.3. The summed E-state index contributed by atoms with van der Waals surface area (Å²) >= 11 is 5.80. The van der Waals surface area contributed by atoms with Gasteiger partial charge in [0.15, 0.2) is 11.5 Å². The summed E-state index contributed by atoms with van der Waals surface area (Å²) in [7, 11) is 0. The number of aromatic nitrogens is 4. The highest BCUT2D eigenvalue weighted by Gasteiger charge is 2.39. The van der Waals surface area contributed by atoms with E-state index in [0.29, 0.717) is 0 Å². The minimum absolute atomic E-state index is 0.000232. The van der Waals surface area contributed by atoms with Crippen LogP contribution in [0.25, 0.3) is 0 Å². The Bertz CT molecular complexity index is 1380. The van der Waals surface area contributed by atoms with E-state index in [9.17, 15) is 27.6 Å². The van der Waals surface area contributed by atoms with Crippen LogP contribution in [0.5, 0.6) is 11.5 Å². The molecule has 0 unspecified atom stereocenters. The lowest BCUT2D eigenvalue weighted by molar-refractivity contribution is -0.142. The standard InChI is InChI=1S/C18H10ClF3N6O4/c19-9-1-7(5-23)2-10(4-9)32-12-13(18(20,21)22)26-11(27-17(12)31)3-8-6-25-15(14(24)29)28-16(8)30/h1-2,4,6H,3H2,(H2,24,29)(H,25,28,30)(H,26,27,31). The Kier molecular flexibility index (Phi) is 5.99. The molecule has 2 heterocycles. The highest BCUT2D eigenvalue weighted by Crippen LogP contribution is 2.35. The number of primary amides is 1. The van der Waals surface area contributed by atoms with Crippen molar-refractivity contribution in [1.82, 2.24) is 19.9 Å². The van der Waals surface area contributed by atoms with Gasteiger partial charge in [-0.3, -0.25) is 14.4 Å². The number of nitrogens with zero attached hydrogens (tertiary/aromatic N) is 3. The molecule has 0 radical (unpaired) electrons. The highest BCUT2D eigenvalue weighted by molar-refractivity contribution is 6.30. The van der Waals surface area contributed by atoms with E-state index in [0.717, 1.165) is 18.3 Å². The Balaban J connectivity index is 2.04. The summed E-state index contributed by atoms with van der Waals surface area (Å²) in [6, 6.07) is 5.20. The molecule has 3 aromatic rings. The van der Waals surface area contributed by atoms with E-state index in [2.05, 4.69) is 19.9 Å². The number of carbonyl (C=O) groups excluding carboxylic acids is 1. The number of benzene rings is 1. The summed E-state index contributed by atoms with van der Waals surface area (Å²) < 4.78 is 45.8. The smallest absolute Gasteiger partial charge is 0.437 e. The lowest BCUT2D eigenvalue weighted by Gasteiger charge is -2.13. The number of ether oxygens (including phenoxy) is 1. The third-order valence-electron chi connectivity index (χ3n) is 3.88. The Labute approximate surface area is 180 Å². The maximum absolute atomic E-state index is 13.6. The van der Waals surface area contributed by atoms with Crippen molar-refractivity contribution >= 4 is 17.5 Å². The molecule has 0 saturated carbocycles. The number of hydrogen-bond donors (Lipinski definition) is 3. The number of nitrogens with two attached hydrogens (primary N) is 1. The van der Waals surface area contributed by atoms with Gasteiger partial charge in [-0.15, -0.1) is 0 Å². The molecule has 3 rings (SSSR count). The van der Waals surface area contributed by atoms with Gasteiger partial charge in [0.25, 0.3) is 17.0 Å². The zero-order chi connectivity index (χ0) is 23.6. The van der Waals surface area contributed by atoms with E-state index in [1.54, 1.807) is 6.07 Å². The number of amides is 1. The van der Waals surface area contributed by atoms with Crippen molar-refractivity contribution in [2.24, 2.45) is 5.73 Å². The first-order valence-corrected chi connectivity index (χ1v) is 8.82. The van der Waals surface area contributed by atoms with Gasteiger partial charge in [-0.2, -0.15) is 18.4 Å². The van der Waals surface area contributed by atoms with Crippen LogP contribution in [0, 0.1) is 11.3 Å². The van der Waals surface area contributed by atoms with Crippen LogP contribution >= 0.6 is 11.6 Å². The van der Waals surface area contributed by atoms with Crippen LogP contribution in [0.4, 0.5) is 13.2 Å². The number of alkyl halides is 3. The Morgan fingerprint density at radius 3 is 2.53 bits per heavy atom.